The van der Waals surface area contributed by atoms with Crippen LogP contribution >= 0.6 is 0 Å². The first-order valence-electron chi connectivity index (χ1n) is 6.27. The summed E-state index contributed by atoms with van der Waals surface area (Å²) in [5, 5.41) is 3.13. The van der Waals surface area contributed by atoms with Gasteiger partial charge in [-0.1, -0.05) is 12.5 Å². The van der Waals surface area contributed by atoms with E-state index in [2.05, 4.69) is 21.4 Å². The number of nitrogens with zero attached hydrogens (tertiary/aromatic N) is 2. The molecular formula is C13H20N4. The van der Waals surface area contributed by atoms with Crippen molar-refractivity contribution in [2.24, 2.45) is 16.6 Å². The molecule has 1 aliphatic rings. The number of hydrogen-bond acceptors (Lipinski definition) is 2. The predicted octanol–water partition coefficient (Wildman–Crippen LogP) is 1.33. The van der Waals surface area contributed by atoms with Gasteiger partial charge in [-0.15, -0.1) is 0 Å². The van der Waals surface area contributed by atoms with Gasteiger partial charge in [-0.3, -0.25) is 9.98 Å². The van der Waals surface area contributed by atoms with E-state index in [1.807, 2.05) is 12.3 Å². The van der Waals surface area contributed by atoms with E-state index in [-0.39, 0.29) is 0 Å². The molecule has 2 rings (SSSR count). The highest BCUT2D eigenvalue weighted by Gasteiger charge is 2.16. The molecule has 4 nitrogen and oxygen atoms in total. The SMILES string of the molecule is NC(=NCC1CCC1)NCCc1cccnc1. The highest BCUT2D eigenvalue weighted by molar-refractivity contribution is 5.77. The highest BCUT2D eigenvalue weighted by Crippen LogP contribution is 2.26. The molecule has 0 aromatic carbocycles. The van der Waals surface area contributed by atoms with E-state index in [0.717, 1.165) is 25.4 Å². The van der Waals surface area contributed by atoms with Gasteiger partial charge >= 0.3 is 0 Å². The molecule has 1 heterocycles. The summed E-state index contributed by atoms with van der Waals surface area (Å²) in [6.45, 7) is 1.69. The van der Waals surface area contributed by atoms with Crippen molar-refractivity contribution in [1.82, 2.24) is 10.3 Å². The Labute approximate surface area is 102 Å². The van der Waals surface area contributed by atoms with Crippen molar-refractivity contribution in [1.29, 1.82) is 0 Å². The van der Waals surface area contributed by atoms with Crippen molar-refractivity contribution in [3.05, 3.63) is 30.1 Å². The third-order valence-corrected chi connectivity index (χ3v) is 3.19. The van der Waals surface area contributed by atoms with Crippen molar-refractivity contribution in [3.8, 4) is 0 Å². The van der Waals surface area contributed by atoms with E-state index >= 15 is 0 Å². The van der Waals surface area contributed by atoms with Gasteiger partial charge in [0.25, 0.3) is 0 Å². The summed E-state index contributed by atoms with van der Waals surface area (Å²) in [4.78, 5) is 8.42. The number of rotatable bonds is 5. The first kappa shape index (κ1) is 11.9. The standard InChI is InChI=1S/C13H20N4/c14-13(17-10-11-3-1-4-11)16-8-6-12-5-2-7-15-9-12/h2,5,7,9,11H,1,3-4,6,8,10H2,(H3,14,16,17). The van der Waals surface area contributed by atoms with Crippen LogP contribution in [0, 0.1) is 5.92 Å². The number of pyridine rings is 1. The summed E-state index contributed by atoms with van der Waals surface area (Å²) in [5.74, 6) is 1.34. The fourth-order valence-corrected chi connectivity index (χ4v) is 1.84. The monoisotopic (exact) mass is 232 g/mol. The molecule has 0 atom stereocenters. The topological polar surface area (TPSA) is 63.3 Å². The summed E-state index contributed by atoms with van der Waals surface area (Å²) < 4.78 is 0. The summed E-state index contributed by atoms with van der Waals surface area (Å²) >= 11 is 0. The molecule has 1 aromatic heterocycles. The van der Waals surface area contributed by atoms with Crippen LogP contribution in [-0.4, -0.2) is 24.0 Å². The quantitative estimate of drug-likeness (QED) is 0.594. The Balaban J connectivity index is 1.63. The number of hydrogen-bond donors (Lipinski definition) is 2. The Hall–Kier alpha value is -1.58. The summed E-state index contributed by atoms with van der Waals surface area (Å²) in [5.41, 5.74) is 7.00. The minimum absolute atomic E-state index is 0.570. The average molecular weight is 232 g/mol. The molecule has 0 radical (unpaired) electrons. The van der Waals surface area contributed by atoms with Crippen molar-refractivity contribution in [2.75, 3.05) is 13.1 Å². The van der Waals surface area contributed by atoms with Gasteiger partial charge in [-0.05, 0) is 36.8 Å². The van der Waals surface area contributed by atoms with E-state index in [1.54, 1.807) is 6.20 Å². The third-order valence-electron chi connectivity index (χ3n) is 3.19. The molecule has 92 valence electrons. The Morgan fingerprint density at radius 2 is 2.41 bits per heavy atom. The molecule has 0 saturated heterocycles. The van der Waals surface area contributed by atoms with Crippen molar-refractivity contribution in [2.45, 2.75) is 25.7 Å². The lowest BCUT2D eigenvalue weighted by Gasteiger charge is -2.23. The maximum atomic E-state index is 5.79. The van der Waals surface area contributed by atoms with E-state index in [9.17, 15) is 0 Å². The van der Waals surface area contributed by atoms with Crippen LogP contribution in [0.2, 0.25) is 0 Å². The molecule has 0 aliphatic heterocycles. The number of aliphatic imine (C=N–C) groups is 1. The van der Waals surface area contributed by atoms with Crippen LogP contribution in [-0.2, 0) is 6.42 Å². The first-order chi connectivity index (χ1) is 8.34. The third kappa shape index (κ3) is 4.06. The van der Waals surface area contributed by atoms with Crippen LogP contribution in [0.4, 0.5) is 0 Å². The van der Waals surface area contributed by atoms with Gasteiger partial charge < -0.3 is 11.1 Å². The van der Waals surface area contributed by atoms with Crippen molar-refractivity contribution >= 4 is 5.96 Å². The minimum Gasteiger partial charge on any atom is -0.370 e. The number of nitrogens with two attached hydrogens (primary N) is 1. The Bertz CT molecular complexity index is 357. The molecule has 0 amide bonds. The summed E-state index contributed by atoms with van der Waals surface area (Å²) in [6, 6.07) is 4.01. The zero-order valence-corrected chi connectivity index (χ0v) is 10.1. The normalized spacial score (nSPS) is 16.6. The van der Waals surface area contributed by atoms with Gasteiger partial charge in [-0.2, -0.15) is 0 Å². The minimum atomic E-state index is 0.570. The van der Waals surface area contributed by atoms with Crippen molar-refractivity contribution < 1.29 is 0 Å². The molecule has 1 fully saturated rings. The second-order valence-corrected chi connectivity index (χ2v) is 4.56. The van der Waals surface area contributed by atoms with Gasteiger partial charge in [0.2, 0.25) is 0 Å². The molecule has 0 unspecified atom stereocenters. The molecule has 17 heavy (non-hydrogen) atoms. The lowest BCUT2D eigenvalue weighted by molar-refractivity contribution is 0.326. The van der Waals surface area contributed by atoms with Crippen LogP contribution in [0.5, 0.6) is 0 Å². The van der Waals surface area contributed by atoms with E-state index < -0.39 is 0 Å². The molecule has 4 heteroatoms. The van der Waals surface area contributed by atoms with E-state index in [1.165, 1.54) is 24.8 Å². The van der Waals surface area contributed by atoms with E-state index in [0.29, 0.717) is 5.96 Å². The van der Waals surface area contributed by atoms with Crippen LogP contribution in [0.1, 0.15) is 24.8 Å². The Morgan fingerprint density at radius 1 is 1.53 bits per heavy atom. The van der Waals surface area contributed by atoms with Gasteiger partial charge in [-0.25, -0.2) is 0 Å². The smallest absolute Gasteiger partial charge is 0.188 e. The average Bonchev–Trinajstić information content (AvgIpc) is 2.28. The zero-order valence-electron chi connectivity index (χ0n) is 10.1. The van der Waals surface area contributed by atoms with Crippen LogP contribution < -0.4 is 11.1 Å². The predicted molar refractivity (Wildman–Crippen MR) is 69.8 cm³/mol. The molecule has 0 spiro atoms. The lowest BCUT2D eigenvalue weighted by Crippen LogP contribution is -2.34. The largest absolute Gasteiger partial charge is 0.370 e. The van der Waals surface area contributed by atoms with Gasteiger partial charge in [0.1, 0.15) is 0 Å². The molecule has 0 bridgehead atoms. The second-order valence-electron chi connectivity index (χ2n) is 4.56. The van der Waals surface area contributed by atoms with Gasteiger partial charge in [0, 0.05) is 25.5 Å². The number of nitrogens with one attached hydrogen (secondary N) is 1. The van der Waals surface area contributed by atoms with Gasteiger partial charge in [0.15, 0.2) is 5.96 Å². The number of guanidine groups is 1. The second kappa shape index (κ2) is 6.23. The van der Waals surface area contributed by atoms with Crippen molar-refractivity contribution in [3.63, 3.8) is 0 Å². The molecule has 1 saturated carbocycles. The zero-order chi connectivity index (χ0) is 11.9. The summed E-state index contributed by atoms with van der Waals surface area (Å²) in [7, 11) is 0. The Kier molecular flexibility index (Phi) is 4.36. The van der Waals surface area contributed by atoms with E-state index in [4.69, 9.17) is 5.73 Å². The first-order valence-corrected chi connectivity index (χ1v) is 6.27. The lowest BCUT2D eigenvalue weighted by atomic mass is 9.86. The number of aromatic nitrogens is 1. The molecule has 1 aliphatic carbocycles. The van der Waals surface area contributed by atoms with Crippen LogP contribution in [0.25, 0.3) is 0 Å². The highest BCUT2D eigenvalue weighted by atomic mass is 15.1. The molecular weight excluding hydrogens is 212 g/mol. The summed E-state index contributed by atoms with van der Waals surface area (Å²) in [6.07, 6.45) is 8.57. The Morgan fingerprint density at radius 3 is 3.06 bits per heavy atom. The van der Waals surface area contributed by atoms with Crippen LogP contribution in [0.3, 0.4) is 0 Å². The maximum Gasteiger partial charge on any atom is 0.188 e. The maximum absolute atomic E-state index is 5.79. The fourth-order valence-electron chi connectivity index (χ4n) is 1.84. The molecule has 3 N–H and O–H groups in total. The fraction of sp³-hybridized carbons (Fsp3) is 0.538. The molecule has 1 aromatic rings. The van der Waals surface area contributed by atoms with Gasteiger partial charge in [0.05, 0.1) is 0 Å². The van der Waals surface area contributed by atoms with Crippen LogP contribution in [0.15, 0.2) is 29.5 Å².